The van der Waals surface area contributed by atoms with Gasteiger partial charge in [0.25, 0.3) is 0 Å². The van der Waals surface area contributed by atoms with E-state index in [2.05, 4.69) is 5.32 Å². The molecule has 0 spiro atoms. The normalized spacial score (nSPS) is 21.2. The lowest BCUT2D eigenvalue weighted by Gasteiger charge is -2.39. The lowest BCUT2D eigenvalue weighted by molar-refractivity contribution is -0.152. The lowest BCUT2D eigenvalue weighted by atomic mass is 9.67. The van der Waals surface area contributed by atoms with Crippen molar-refractivity contribution in [3.05, 3.63) is 88.0 Å². The Bertz CT molecular complexity index is 1260. The molecule has 3 atom stereocenters. The number of nitrogens with one attached hydrogen (secondary N) is 1. The molecule has 0 radical (unpaired) electrons. The summed E-state index contributed by atoms with van der Waals surface area (Å²) >= 11 is 0. The molecule has 1 aliphatic heterocycles. The third kappa shape index (κ3) is 5.01. The third-order valence-electron chi connectivity index (χ3n) is 6.80. The molecular formula is C29H30FNO6. The number of allylic oxidation sites excluding steroid dienone is 3. The minimum absolute atomic E-state index is 0.122. The van der Waals surface area contributed by atoms with Crippen LogP contribution in [-0.2, 0) is 23.9 Å². The summed E-state index contributed by atoms with van der Waals surface area (Å²) in [6.07, 6.45) is 0.335. The van der Waals surface area contributed by atoms with Gasteiger partial charge in [-0.15, -0.1) is 0 Å². The van der Waals surface area contributed by atoms with E-state index in [4.69, 9.17) is 14.2 Å². The number of ether oxygens (including phenoxy) is 3. The summed E-state index contributed by atoms with van der Waals surface area (Å²) in [4.78, 5) is 40.5. The molecule has 0 bridgehead atoms. The van der Waals surface area contributed by atoms with E-state index in [1.54, 1.807) is 52.1 Å². The molecule has 1 aliphatic carbocycles. The van der Waals surface area contributed by atoms with Crippen LogP contribution in [0.2, 0.25) is 0 Å². The zero-order valence-electron chi connectivity index (χ0n) is 21.3. The van der Waals surface area contributed by atoms with Crippen molar-refractivity contribution in [3.8, 4) is 5.75 Å². The van der Waals surface area contributed by atoms with Crippen LogP contribution in [0.25, 0.3) is 0 Å². The summed E-state index contributed by atoms with van der Waals surface area (Å²) in [6.45, 7) is 5.40. The molecular weight excluding hydrogens is 477 g/mol. The quantitative estimate of drug-likeness (QED) is 0.434. The third-order valence-corrected chi connectivity index (χ3v) is 6.80. The van der Waals surface area contributed by atoms with Gasteiger partial charge in [0.1, 0.15) is 17.5 Å². The summed E-state index contributed by atoms with van der Waals surface area (Å²) in [7, 11) is 1.56. The Hall–Kier alpha value is -3.94. The van der Waals surface area contributed by atoms with E-state index >= 15 is 0 Å². The Kier molecular flexibility index (Phi) is 7.76. The number of halogens is 1. The van der Waals surface area contributed by atoms with Crippen LogP contribution in [0.15, 0.2) is 71.1 Å². The number of ketones is 1. The fourth-order valence-corrected chi connectivity index (χ4v) is 5.17. The average Bonchev–Trinajstić information content (AvgIpc) is 2.88. The summed E-state index contributed by atoms with van der Waals surface area (Å²) in [5.41, 5.74) is 3.05. The number of carbonyl (C=O) groups is 3. The largest absolute Gasteiger partial charge is 0.497 e. The molecule has 4 rings (SSSR count). The minimum atomic E-state index is -1.11. The molecule has 0 aromatic heterocycles. The van der Waals surface area contributed by atoms with Crippen molar-refractivity contribution in [1.82, 2.24) is 5.32 Å². The first-order valence-corrected chi connectivity index (χ1v) is 12.3. The zero-order valence-corrected chi connectivity index (χ0v) is 21.3. The van der Waals surface area contributed by atoms with Gasteiger partial charge in [-0.25, -0.2) is 9.18 Å². The molecule has 0 saturated carbocycles. The molecule has 0 fully saturated rings. The van der Waals surface area contributed by atoms with E-state index in [-0.39, 0.29) is 18.8 Å². The van der Waals surface area contributed by atoms with Gasteiger partial charge in [-0.2, -0.15) is 0 Å². The first kappa shape index (κ1) is 26.1. The molecule has 37 heavy (non-hydrogen) atoms. The first-order valence-electron chi connectivity index (χ1n) is 12.3. The number of methoxy groups -OCH3 is 1. The Morgan fingerprint density at radius 2 is 1.59 bits per heavy atom. The Balaban J connectivity index is 1.87. The van der Waals surface area contributed by atoms with Gasteiger partial charge >= 0.3 is 11.9 Å². The van der Waals surface area contributed by atoms with Gasteiger partial charge in [-0.1, -0.05) is 24.3 Å². The van der Waals surface area contributed by atoms with Crippen LogP contribution in [0, 0.1) is 11.7 Å². The maximum absolute atomic E-state index is 14.2. The van der Waals surface area contributed by atoms with Crippen LogP contribution in [0.5, 0.6) is 5.75 Å². The van der Waals surface area contributed by atoms with Gasteiger partial charge in [0.05, 0.1) is 25.9 Å². The number of Topliss-reactive ketones (excluding diaryl/α,β-unsaturated/α-hetero) is 1. The van der Waals surface area contributed by atoms with E-state index < -0.39 is 41.3 Å². The Labute approximate surface area is 215 Å². The van der Waals surface area contributed by atoms with Gasteiger partial charge in [0.2, 0.25) is 0 Å². The van der Waals surface area contributed by atoms with E-state index in [0.717, 1.165) is 5.56 Å². The van der Waals surface area contributed by atoms with Crippen LogP contribution >= 0.6 is 0 Å². The predicted octanol–water partition coefficient (Wildman–Crippen LogP) is 4.55. The molecule has 1 heterocycles. The Morgan fingerprint density at radius 3 is 2.19 bits per heavy atom. The predicted molar refractivity (Wildman–Crippen MR) is 134 cm³/mol. The summed E-state index contributed by atoms with van der Waals surface area (Å²) in [5.74, 6) is -3.84. The fraction of sp³-hybridized carbons (Fsp3) is 0.345. The molecule has 0 unspecified atom stereocenters. The highest BCUT2D eigenvalue weighted by atomic mass is 19.1. The van der Waals surface area contributed by atoms with Gasteiger partial charge in [0, 0.05) is 28.8 Å². The van der Waals surface area contributed by atoms with E-state index in [9.17, 15) is 18.8 Å². The standard InChI is InChI=1S/C29H30FNO6/c1-5-36-28(33)23-16(3)31-22-15-21(17-9-13-20(35-4)14-10-17)25(29(34)37-6-2)27(32)26(22)24(23)18-7-11-19(30)12-8-18/h7-14,21,24-25,31H,5-6,15H2,1-4H3/t21-,24+,25-/m0/s1. The van der Waals surface area contributed by atoms with Crippen molar-refractivity contribution in [3.63, 3.8) is 0 Å². The van der Waals surface area contributed by atoms with Crippen molar-refractivity contribution >= 4 is 17.7 Å². The molecule has 2 aromatic rings. The zero-order chi connectivity index (χ0) is 26.7. The van der Waals surface area contributed by atoms with Crippen LogP contribution in [0.3, 0.4) is 0 Å². The smallest absolute Gasteiger partial charge is 0.336 e. The van der Waals surface area contributed by atoms with Crippen molar-refractivity contribution in [1.29, 1.82) is 0 Å². The molecule has 2 aromatic carbocycles. The number of carbonyl (C=O) groups excluding carboxylic acids is 3. The number of hydrogen-bond donors (Lipinski definition) is 1. The first-order chi connectivity index (χ1) is 17.8. The second kappa shape index (κ2) is 11.0. The topological polar surface area (TPSA) is 90.9 Å². The Morgan fingerprint density at radius 1 is 0.973 bits per heavy atom. The number of esters is 2. The second-order valence-electron chi connectivity index (χ2n) is 8.94. The molecule has 1 N–H and O–H groups in total. The highest BCUT2D eigenvalue weighted by Gasteiger charge is 2.49. The highest BCUT2D eigenvalue weighted by molar-refractivity contribution is 6.13. The van der Waals surface area contributed by atoms with Crippen LogP contribution in [0.1, 0.15) is 50.2 Å². The number of rotatable bonds is 7. The molecule has 0 saturated heterocycles. The number of hydrogen-bond acceptors (Lipinski definition) is 7. The van der Waals surface area contributed by atoms with Crippen molar-refractivity contribution in [2.45, 2.75) is 39.0 Å². The number of dihydropyridines is 1. The maximum Gasteiger partial charge on any atom is 0.336 e. The molecule has 0 amide bonds. The average molecular weight is 508 g/mol. The van der Waals surface area contributed by atoms with Crippen molar-refractivity contribution < 1.29 is 33.0 Å². The van der Waals surface area contributed by atoms with Crippen molar-refractivity contribution in [2.24, 2.45) is 5.92 Å². The molecule has 2 aliphatic rings. The lowest BCUT2D eigenvalue weighted by Crippen LogP contribution is -2.43. The summed E-state index contributed by atoms with van der Waals surface area (Å²) in [6, 6.07) is 12.9. The molecule has 8 heteroatoms. The maximum atomic E-state index is 14.2. The fourth-order valence-electron chi connectivity index (χ4n) is 5.17. The monoisotopic (exact) mass is 507 g/mol. The van der Waals surface area contributed by atoms with Gasteiger partial charge < -0.3 is 19.5 Å². The summed E-state index contributed by atoms with van der Waals surface area (Å²) in [5, 5.41) is 3.25. The summed E-state index contributed by atoms with van der Waals surface area (Å²) < 4.78 is 29.7. The van der Waals surface area contributed by atoms with Crippen LogP contribution in [0.4, 0.5) is 4.39 Å². The van der Waals surface area contributed by atoms with E-state index in [1.807, 2.05) is 12.1 Å². The van der Waals surface area contributed by atoms with E-state index in [0.29, 0.717) is 34.7 Å². The van der Waals surface area contributed by atoms with Crippen LogP contribution in [-0.4, -0.2) is 38.0 Å². The minimum Gasteiger partial charge on any atom is -0.497 e. The molecule has 194 valence electrons. The number of benzene rings is 2. The van der Waals surface area contributed by atoms with Gasteiger partial charge in [-0.3, -0.25) is 9.59 Å². The van der Waals surface area contributed by atoms with Gasteiger partial charge in [-0.05, 0) is 62.6 Å². The second-order valence-corrected chi connectivity index (χ2v) is 8.94. The van der Waals surface area contributed by atoms with Gasteiger partial charge in [0.15, 0.2) is 5.78 Å². The SMILES string of the molecule is CCOC(=O)C1=C(C)NC2=C(C(=O)[C@@H](C(=O)OCC)[C@H](c3ccc(OC)cc3)C2)[C@@H]1c1ccc(F)cc1. The van der Waals surface area contributed by atoms with Crippen LogP contribution < -0.4 is 10.1 Å². The van der Waals surface area contributed by atoms with Crippen molar-refractivity contribution in [2.75, 3.05) is 20.3 Å². The molecule has 7 nitrogen and oxygen atoms in total. The van der Waals surface area contributed by atoms with E-state index in [1.165, 1.54) is 12.1 Å². The highest BCUT2D eigenvalue weighted by Crippen LogP contribution is 2.48.